The fourth-order valence-electron chi connectivity index (χ4n) is 1.76. The summed E-state index contributed by atoms with van der Waals surface area (Å²) >= 11 is 3.33. The standard InChI is InChI=1S/C13H18BrN3O3Si/c1-21(2,3)5-4-20-8-17-12-10(11(14)16-17)6-9(7-15-12)13(18)19/h6-7H,4-5,8H2,1-3H3,(H,18,19). The van der Waals surface area contributed by atoms with Gasteiger partial charge in [-0.1, -0.05) is 19.6 Å². The van der Waals surface area contributed by atoms with Crippen molar-refractivity contribution in [3.8, 4) is 0 Å². The first kappa shape index (κ1) is 16.1. The smallest absolute Gasteiger partial charge is 0.337 e. The lowest BCUT2D eigenvalue weighted by molar-refractivity contribution is 0.0696. The van der Waals surface area contributed by atoms with Crippen LogP contribution in [0.5, 0.6) is 0 Å². The molecule has 0 amide bonds. The molecule has 2 aromatic heterocycles. The maximum absolute atomic E-state index is 11.0. The molecule has 114 valence electrons. The van der Waals surface area contributed by atoms with Gasteiger partial charge in [-0.3, -0.25) is 0 Å². The molecule has 0 saturated carbocycles. The molecule has 0 bridgehead atoms. The predicted octanol–water partition coefficient (Wildman–Crippen LogP) is 3.20. The van der Waals surface area contributed by atoms with E-state index in [1.807, 2.05) is 0 Å². The Bertz CT molecular complexity index is 666. The number of aromatic nitrogens is 3. The van der Waals surface area contributed by atoms with Gasteiger partial charge in [-0.25, -0.2) is 14.5 Å². The quantitative estimate of drug-likeness (QED) is 0.622. The van der Waals surface area contributed by atoms with E-state index in [2.05, 4.69) is 45.7 Å². The first-order valence-corrected chi connectivity index (χ1v) is 11.1. The van der Waals surface area contributed by atoms with Crippen molar-refractivity contribution >= 4 is 41.0 Å². The number of fused-ring (bicyclic) bond motifs is 1. The van der Waals surface area contributed by atoms with Gasteiger partial charge in [-0.2, -0.15) is 5.10 Å². The average molecular weight is 372 g/mol. The number of pyridine rings is 1. The highest BCUT2D eigenvalue weighted by molar-refractivity contribution is 9.10. The molecule has 0 aliphatic carbocycles. The average Bonchev–Trinajstić information content (AvgIpc) is 2.70. The zero-order valence-corrected chi connectivity index (χ0v) is 14.8. The fraction of sp³-hybridized carbons (Fsp3) is 0.462. The summed E-state index contributed by atoms with van der Waals surface area (Å²) in [7, 11) is -1.11. The van der Waals surface area contributed by atoms with Gasteiger partial charge in [0.25, 0.3) is 0 Å². The van der Waals surface area contributed by atoms with Crippen LogP contribution in [0.15, 0.2) is 16.9 Å². The molecule has 2 rings (SSSR count). The van der Waals surface area contributed by atoms with Gasteiger partial charge < -0.3 is 9.84 Å². The molecule has 1 N–H and O–H groups in total. The highest BCUT2D eigenvalue weighted by Gasteiger charge is 2.15. The number of carboxylic acids is 1. The Balaban J connectivity index is 2.12. The topological polar surface area (TPSA) is 77.2 Å². The van der Waals surface area contributed by atoms with Crippen molar-refractivity contribution in [2.45, 2.75) is 32.4 Å². The zero-order valence-electron chi connectivity index (χ0n) is 12.3. The van der Waals surface area contributed by atoms with E-state index in [-0.39, 0.29) is 5.56 Å². The van der Waals surface area contributed by atoms with Crippen LogP contribution in [-0.2, 0) is 11.5 Å². The summed E-state index contributed by atoms with van der Waals surface area (Å²) in [6.45, 7) is 7.90. The van der Waals surface area contributed by atoms with Crippen LogP contribution in [0, 0.1) is 0 Å². The van der Waals surface area contributed by atoms with Gasteiger partial charge in [-0.15, -0.1) is 0 Å². The molecule has 0 aromatic carbocycles. The third-order valence-electron chi connectivity index (χ3n) is 3.00. The van der Waals surface area contributed by atoms with E-state index >= 15 is 0 Å². The van der Waals surface area contributed by atoms with Gasteiger partial charge in [0.2, 0.25) is 0 Å². The lowest BCUT2D eigenvalue weighted by Gasteiger charge is -2.15. The monoisotopic (exact) mass is 371 g/mol. The lowest BCUT2D eigenvalue weighted by atomic mass is 10.2. The second kappa shape index (κ2) is 6.25. The van der Waals surface area contributed by atoms with E-state index in [9.17, 15) is 4.79 Å². The summed E-state index contributed by atoms with van der Waals surface area (Å²) in [5.74, 6) is -1.00. The van der Waals surface area contributed by atoms with Crippen LogP contribution in [0.4, 0.5) is 0 Å². The molecule has 0 aliphatic heterocycles. The molecule has 6 nitrogen and oxygen atoms in total. The Hall–Kier alpha value is -1.25. The van der Waals surface area contributed by atoms with Crippen LogP contribution in [0.1, 0.15) is 10.4 Å². The fourth-order valence-corrected chi connectivity index (χ4v) is 3.00. The number of halogens is 1. The van der Waals surface area contributed by atoms with E-state index in [0.29, 0.717) is 29.0 Å². The highest BCUT2D eigenvalue weighted by Crippen LogP contribution is 2.22. The summed E-state index contributed by atoms with van der Waals surface area (Å²) in [4.78, 5) is 15.1. The molecule has 0 saturated heterocycles. The van der Waals surface area contributed by atoms with Gasteiger partial charge in [0.15, 0.2) is 5.65 Å². The molecule has 0 atom stereocenters. The van der Waals surface area contributed by atoms with Gasteiger partial charge in [0.05, 0.1) is 10.9 Å². The number of carboxylic acid groups (broad SMARTS) is 1. The van der Waals surface area contributed by atoms with Crippen LogP contribution in [-0.4, -0.2) is 40.5 Å². The van der Waals surface area contributed by atoms with Crippen molar-refractivity contribution in [1.29, 1.82) is 0 Å². The largest absolute Gasteiger partial charge is 0.478 e. The Morgan fingerprint density at radius 1 is 1.48 bits per heavy atom. The van der Waals surface area contributed by atoms with Crippen molar-refractivity contribution in [3.05, 3.63) is 22.4 Å². The van der Waals surface area contributed by atoms with Crippen LogP contribution >= 0.6 is 15.9 Å². The van der Waals surface area contributed by atoms with E-state index in [1.54, 1.807) is 10.7 Å². The normalized spacial score (nSPS) is 12.0. The Labute approximate surface area is 132 Å². The number of aromatic carboxylic acids is 1. The number of ether oxygens (including phenoxy) is 1. The van der Waals surface area contributed by atoms with Crippen molar-refractivity contribution in [3.63, 3.8) is 0 Å². The molecule has 2 aromatic rings. The molecule has 0 aliphatic rings. The summed E-state index contributed by atoms with van der Waals surface area (Å²) in [5, 5.41) is 13.9. The number of nitrogens with zero attached hydrogens (tertiary/aromatic N) is 3. The van der Waals surface area contributed by atoms with Crippen molar-refractivity contribution < 1.29 is 14.6 Å². The molecule has 0 fully saturated rings. The molecular weight excluding hydrogens is 354 g/mol. The van der Waals surface area contributed by atoms with Crippen molar-refractivity contribution in [2.24, 2.45) is 0 Å². The Kier molecular flexibility index (Phi) is 4.80. The summed E-state index contributed by atoms with van der Waals surface area (Å²) in [6.07, 6.45) is 1.33. The van der Waals surface area contributed by atoms with E-state index in [4.69, 9.17) is 9.84 Å². The van der Waals surface area contributed by atoms with E-state index < -0.39 is 14.0 Å². The molecule has 8 heteroatoms. The molecule has 0 spiro atoms. The van der Waals surface area contributed by atoms with Gasteiger partial charge in [-0.05, 0) is 28.0 Å². The number of hydrogen-bond acceptors (Lipinski definition) is 4. The summed E-state index contributed by atoms with van der Waals surface area (Å²) in [5.41, 5.74) is 0.752. The lowest BCUT2D eigenvalue weighted by Crippen LogP contribution is -2.22. The van der Waals surface area contributed by atoms with E-state index in [0.717, 1.165) is 6.04 Å². The highest BCUT2D eigenvalue weighted by atomic mass is 79.9. The molecular formula is C13H18BrN3O3Si. The molecule has 0 unspecified atom stereocenters. The van der Waals surface area contributed by atoms with Crippen LogP contribution in [0.2, 0.25) is 25.7 Å². The van der Waals surface area contributed by atoms with E-state index in [1.165, 1.54) is 6.20 Å². The predicted molar refractivity (Wildman–Crippen MR) is 86.3 cm³/mol. The molecule has 2 heterocycles. The van der Waals surface area contributed by atoms with Gasteiger partial charge in [0, 0.05) is 20.9 Å². The Morgan fingerprint density at radius 3 is 2.81 bits per heavy atom. The summed E-state index contributed by atoms with van der Waals surface area (Å²) < 4.78 is 7.86. The first-order chi connectivity index (χ1) is 9.78. The molecule has 0 radical (unpaired) electrons. The third kappa shape index (κ3) is 4.11. The molecule has 21 heavy (non-hydrogen) atoms. The SMILES string of the molecule is C[Si](C)(C)CCOCn1nc(Br)c2cc(C(=O)O)cnc21. The Morgan fingerprint density at radius 2 is 2.19 bits per heavy atom. The van der Waals surface area contributed by atoms with Gasteiger partial charge in [0.1, 0.15) is 11.3 Å². The third-order valence-corrected chi connectivity index (χ3v) is 5.29. The van der Waals surface area contributed by atoms with Crippen LogP contribution in [0.25, 0.3) is 11.0 Å². The number of hydrogen-bond donors (Lipinski definition) is 1. The van der Waals surface area contributed by atoms with Crippen molar-refractivity contribution in [2.75, 3.05) is 6.61 Å². The number of carbonyl (C=O) groups is 1. The minimum Gasteiger partial charge on any atom is -0.478 e. The minimum atomic E-state index is -1.11. The second-order valence-corrected chi connectivity index (χ2v) is 12.4. The minimum absolute atomic E-state index is 0.141. The summed E-state index contributed by atoms with van der Waals surface area (Å²) in [6, 6.07) is 2.64. The maximum atomic E-state index is 11.0. The second-order valence-electron chi connectivity index (χ2n) is 6.04. The zero-order chi connectivity index (χ0) is 15.6. The van der Waals surface area contributed by atoms with Crippen LogP contribution in [0.3, 0.4) is 0 Å². The first-order valence-electron chi connectivity index (χ1n) is 6.61. The van der Waals surface area contributed by atoms with Crippen molar-refractivity contribution in [1.82, 2.24) is 14.8 Å². The maximum Gasteiger partial charge on any atom is 0.337 e. The van der Waals surface area contributed by atoms with Crippen LogP contribution < -0.4 is 0 Å². The number of rotatable bonds is 6. The van der Waals surface area contributed by atoms with Gasteiger partial charge >= 0.3 is 5.97 Å².